The van der Waals surface area contributed by atoms with Gasteiger partial charge in [-0.2, -0.15) is 4.31 Å². The minimum absolute atomic E-state index is 0.00521. The zero-order chi connectivity index (χ0) is 14.9. The Morgan fingerprint density at radius 1 is 1.50 bits per heavy atom. The summed E-state index contributed by atoms with van der Waals surface area (Å²) in [5.74, 6) is -1.23. The molecular formula is C12H14ClNO5S. The number of hydrogen-bond acceptors (Lipinski definition) is 4. The van der Waals surface area contributed by atoms with Gasteiger partial charge in [-0.3, -0.25) is 4.79 Å². The van der Waals surface area contributed by atoms with Crippen LogP contribution in [0.1, 0.15) is 5.56 Å². The topological polar surface area (TPSA) is 83.9 Å². The summed E-state index contributed by atoms with van der Waals surface area (Å²) in [6, 6.07) is 3.32. The van der Waals surface area contributed by atoms with Crippen LogP contribution in [0.2, 0.25) is 5.02 Å². The van der Waals surface area contributed by atoms with Crippen molar-refractivity contribution in [3.8, 4) is 0 Å². The van der Waals surface area contributed by atoms with Gasteiger partial charge in [0.1, 0.15) is 6.04 Å². The van der Waals surface area contributed by atoms with E-state index in [1.54, 1.807) is 13.0 Å². The van der Waals surface area contributed by atoms with E-state index in [1.807, 2.05) is 0 Å². The van der Waals surface area contributed by atoms with Crippen LogP contribution in [0.5, 0.6) is 0 Å². The smallest absolute Gasteiger partial charge is 0.324 e. The minimum Gasteiger partial charge on any atom is -0.480 e. The lowest BCUT2D eigenvalue weighted by atomic mass is 10.2. The first-order chi connectivity index (χ1) is 9.35. The van der Waals surface area contributed by atoms with Crippen LogP contribution in [0, 0.1) is 6.92 Å². The number of ether oxygens (including phenoxy) is 1. The molecule has 0 saturated carbocycles. The van der Waals surface area contributed by atoms with Gasteiger partial charge in [0.15, 0.2) is 0 Å². The van der Waals surface area contributed by atoms with Gasteiger partial charge in [0.2, 0.25) is 10.0 Å². The number of aliphatic carboxylic acids is 1. The van der Waals surface area contributed by atoms with Crippen LogP contribution in [-0.4, -0.2) is 49.6 Å². The molecule has 1 aromatic carbocycles. The van der Waals surface area contributed by atoms with Crippen molar-refractivity contribution in [1.29, 1.82) is 0 Å². The number of benzene rings is 1. The Morgan fingerprint density at radius 3 is 2.85 bits per heavy atom. The monoisotopic (exact) mass is 319 g/mol. The number of hydrogen-bond donors (Lipinski definition) is 1. The highest BCUT2D eigenvalue weighted by molar-refractivity contribution is 7.89. The minimum atomic E-state index is -3.92. The molecule has 0 amide bonds. The molecule has 1 aliphatic rings. The number of rotatable bonds is 3. The fourth-order valence-corrected chi connectivity index (χ4v) is 4.10. The molecule has 1 unspecified atom stereocenters. The summed E-state index contributed by atoms with van der Waals surface area (Å²) in [5.41, 5.74) is 0.407. The van der Waals surface area contributed by atoms with Crippen LogP contribution in [0.4, 0.5) is 0 Å². The van der Waals surface area contributed by atoms with Crippen molar-refractivity contribution in [1.82, 2.24) is 4.31 Å². The van der Waals surface area contributed by atoms with Crippen molar-refractivity contribution in [2.24, 2.45) is 0 Å². The van der Waals surface area contributed by atoms with Gasteiger partial charge >= 0.3 is 5.97 Å². The standard InChI is InChI=1S/C12H14ClNO5S/c1-8-9(13)3-2-4-11(8)20(17,18)14-5-6-19-7-10(14)12(15)16/h2-4,10H,5-7H2,1H3,(H,15,16). The molecule has 1 fully saturated rings. The highest BCUT2D eigenvalue weighted by Crippen LogP contribution is 2.27. The van der Waals surface area contributed by atoms with Gasteiger partial charge in [0.25, 0.3) is 0 Å². The van der Waals surface area contributed by atoms with E-state index in [0.717, 1.165) is 4.31 Å². The maximum atomic E-state index is 12.6. The molecule has 6 nitrogen and oxygen atoms in total. The first-order valence-corrected chi connectivity index (χ1v) is 7.75. The molecule has 0 bridgehead atoms. The van der Waals surface area contributed by atoms with Gasteiger partial charge in [0.05, 0.1) is 18.1 Å². The lowest BCUT2D eigenvalue weighted by Crippen LogP contribution is -2.52. The first kappa shape index (κ1) is 15.2. The molecule has 20 heavy (non-hydrogen) atoms. The summed E-state index contributed by atoms with van der Waals surface area (Å²) in [6.07, 6.45) is 0. The molecule has 1 atom stereocenters. The third-order valence-corrected chi connectivity index (χ3v) is 5.63. The Kier molecular flexibility index (Phi) is 4.33. The van der Waals surface area contributed by atoms with Gasteiger partial charge in [-0.05, 0) is 24.6 Å². The Balaban J connectivity index is 2.48. The summed E-state index contributed by atoms with van der Waals surface area (Å²) in [6.45, 7) is 1.60. The Bertz CT molecular complexity index is 631. The molecule has 1 heterocycles. The maximum absolute atomic E-state index is 12.6. The fourth-order valence-electron chi connectivity index (χ4n) is 2.06. The molecule has 0 radical (unpaired) electrons. The lowest BCUT2D eigenvalue weighted by molar-refractivity contribution is -0.146. The number of carboxylic acid groups (broad SMARTS) is 1. The van der Waals surface area contributed by atoms with E-state index < -0.39 is 22.0 Å². The predicted molar refractivity (Wildman–Crippen MR) is 72.3 cm³/mol. The van der Waals surface area contributed by atoms with Gasteiger partial charge in [0, 0.05) is 11.6 Å². The van der Waals surface area contributed by atoms with Crippen LogP contribution in [-0.2, 0) is 19.6 Å². The van der Waals surface area contributed by atoms with Crippen LogP contribution in [0.15, 0.2) is 23.1 Å². The predicted octanol–water partition coefficient (Wildman–Crippen LogP) is 1.12. The zero-order valence-electron chi connectivity index (χ0n) is 10.7. The van der Waals surface area contributed by atoms with Crippen molar-refractivity contribution in [3.05, 3.63) is 28.8 Å². The van der Waals surface area contributed by atoms with E-state index in [4.69, 9.17) is 21.4 Å². The molecule has 0 aromatic heterocycles. The summed E-state index contributed by atoms with van der Waals surface area (Å²) in [5, 5.41) is 9.46. The molecule has 1 saturated heterocycles. The number of carbonyl (C=O) groups is 1. The third kappa shape index (κ3) is 2.67. The lowest BCUT2D eigenvalue weighted by Gasteiger charge is -2.32. The van der Waals surface area contributed by atoms with Crippen molar-refractivity contribution >= 4 is 27.6 Å². The molecule has 2 rings (SSSR count). The summed E-state index contributed by atoms with van der Waals surface area (Å²) in [7, 11) is -3.92. The van der Waals surface area contributed by atoms with E-state index in [1.165, 1.54) is 12.1 Å². The van der Waals surface area contributed by atoms with Crippen molar-refractivity contribution in [3.63, 3.8) is 0 Å². The number of carboxylic acids is 1. The SMILES string of the molecule is Cc1c(Cl)cccc1S(=O)(=O)N1CCOCC1C(=O)O. The van der Waals surface area contributed by atoms with Gasteiger partial charge in [-0.15, -0.1) is 0 Å². The maximum Gasteiger partial charge on any atom is 0.324 e. The normalized spacial score (nSPS) is 20.8. The van der Waals surface area contributed by atoms with Crippen LogP contribution in [0.25, 0.3) is 0 Å². The van der Waals surface area contributed by atoms with E-state index in [2.05, 4.69) is 0 Å². The number of halogens is 1. The fraction of sp³-hybridized carbons (Fsp3) is 0.417. The second-order valence-corrected chi connectivity index (χ2v) is 6.67. The highest BCUT2D eigenvalue weighted by Gasteiger charge is 2.39. The van der Waals surface area contributed by atoms with E-state index in [-0.39, 0.29) is 24.7 Å². The van der Waals surface area contributed by atoms with Crippen LogP contribution in [0.3, 0.4) is 0 Å². The summed E-state index contributed by atoms with van der Waals surface area (Å²) >= 11 is 5.93. The van der Waals surface area contributed by atoms with Gasteiger partial charge < -0.3 is 9.84 Å². The molecule has 1 aromatic rings. The largest absolute Gasteiger partial charge is 0.480 e. The second-order valence-electron chi connectivity index (χ2n) is 4.41. The van der Waals surface area contributed by atoms with Gasteiger partial charge in [-0.1, -0.05) is 17.7 Å². The Hall–Kier alpha value is -1.15. The summed E-state index contributed by atoms with van der Waals surface area (Å²) < 4.78 is 31.2. The average molecular weight is 320 g/mol. The van der Waals surface area contributed by atoms with Crippen molar-refractivity contribution in [2.45, 2.75) is 17.9 Å². The first-order valence-electron chi connectivity index (χ1n) is 5.93. The number of morpholine rings is 1. The zero-order valence-corrected chi connectivity index (χ0v) is 12.3. The number of sulfonamides is 1. The van der Waals surface area contributed by atoms with E-state index >= 15 is 0 Å². The third-order valence-electron chi connectivity index (χ3n) is 3.17. The molecular weight excluding hydrogens is 306 g/mol. The highest BCUT2D eigenvalue weighted by atomic mass is 35.5. The Morgan fingerprint density at radius 2 is 2.20 bits per heavy atom. The number of nitrogens with zero attached hydrogens (tertiary/aromatic N) is 1. The van der Waals surface area contributed by atoms with Crippen LogP contribution < -0.4 is 0 Å². The molecule has 0 aliphatic carbocycles. The van der Waals surface area contributed by atoms with E-state index in [9.17, 15) is 13.2 Å². The Labute approximate surface area is 122 Å². The molecule has 8 heteroatoms. The van der Waals surface area contributed by atoms with Gasteiger partial charge in [-0.25, -0.2) is 8.42 Å². The second kappa shape index (κ2) is 5.69. The average Bonchev–Trinajstić information content (AvgIpc) is 2.41. The quantitative estimate of drug-likeness (QED) is 0.902. The van der Waals surface area contributed by atoms with Crippen molar-refractivity contribution in [2.75, 3.05) is 19.8 Å². The molecule has 1 N–H and O–H groups in total. The molecule has 0 spiro atoms. The summed E-state index contributed by atoms with van der Waals surface area (Å²) in [4.78, 5) is 11.2. The molecule has 1 aliphatic heterocycles. The van der Waals surface area contributed by atoms with Crippen LogP contribution >= 0.6 is 11.6 Å². The van der Waals surface area contributed by atoms with E-state index in [0.29, 0.717) is 10.6 Å². The van der Waals surface area contributed by atoms with Crippen molar-refractivity contribution < 1.29 is 23.1 Å². The molecule has 110 valence electrons.